The Morgan fingerprint density at radius 3 is 2.62 bits per heavy atom. The van der Waals surface area contributed by atoms with Gasteiger partial charge in [0.25, 0.3) is 0 Å². The van der Waals surface area contributed by atoms with Gasteiger partial charge in [-0.2, -0.15) is 5.26 Å². The van der Waals surface area contributed by atoms with E-state index in [2.05, 4.69) is 6.92 Å². The molecule has 2 atom stereocenters. The maximum Gasteiger partial charge on any atom is 0.330 e. The fourth-order valence-corrected chi connectivity index (χ4v) is 1.33. The summed E-state index contributed by atoms with van der Waals surface area (Å²) in [7, 11) is 0. The summed E-state index contributed by atoms with van der Waals surface area (Å²) in [5, 5.41) is 8.48. The Morgan fingerprint density at radius 2 is 2.19 bits per heavy atom. The van der Waals surface area contributed by atoms with Crippen LogP contribution >= 0.6 is 0 Å². The zero-order valence-electron chi connectivity index (χ0n) is 9.94. The number of aldehydes is 1. The van der Waals surface area contributed by atoms with Gasteiger partial charge in [-0.3, -0.25) is 4.79 Å². The van der Waals surface area contributed by atoms with Crippen LogP contribution in [0, 0.1) is 23.2 Å². The van der Waals surface area contributed by atoms with Crippen LogP contribution in [0.15, 0.2) is 0 Å². The lowest BCUT2D eigenvalue weighted by Gasteiger charge is -2.14. The molecule has 0 spiro atoms. The second-order valence-electron chi connectivity index (χ2n) is 3.79. The maximum atomic E-state index is 11.2. The lowest BCUT2D eigenvalue weighted by Crippen LogP contribution is -2.21. The number of esters is 1. The predicted octanol–water partition coefficient (Wildman–Crippen LogP) is 2.08. The lowest BCUT2D eigenvalue weighted by atomic mass is 10.0. The molecule has 0 bridgehead atoms. The van der Waals surface area contributed by atoms with Gasteiger partial charge in [0.15, 0.2) is 5.92 Å². The van der Waals surface area contributed by atoms with E-state index in [1.54, 1.807) is 6.07 Å². The van der Waals surface area contributed by atoms with Gasteiger partial charge in [-0.1, -0.05) is 33.1 Å². The SMILES string of the molecule is CCCCC(CC)COC(=O)C(C#N)C=O. The third-order valence-corrected chi connectivity index (χ3v) is 2.53. The van der Waals surface area contributed by atoms with Crippen LogP contribution in [0.1, 0.15) is 39.5 Å². The molecule has 0 aromatic heterocycles. The molecule has 90 valence electrons. The minimum absolute atomic E-state index is 0.307. The van der Waals surface area contributed by atoms with Gasteiger partial charge in [-0.15, -0.1) is 0 Å². The van der Waals surface area contributed by atoms with Crippen molar-refractivity contribution in [1.29, 1.82) is 5.26 Å². The number of ether oxygens (including phenoxy) is 1. The van der Waals surface area contributed by atoms with Crippen molar-refractivity contribution in [3.05, 3.63) is 0 Å². The predicted molar refractivity (Wildman–Crippen MR) is 59.4 cm³/mol. The molecule has 0 N–H and O–H groups in total. The molecule has 0 saturated carbocycles. The smallest absolute Gasteiger partial charge is 0.330 e. The summed E-state index contributed by atoms with van der Waals surface area (Å²) in [5.74, 6) is -1.67. The number of nitrogens with zero attached hydrogens (tertiary/aromatic N) is 1. The lowest BCUT2D eigenvalue weighted by molar-refractivity contribution is -0.149. The number of rotatable bonds is 8. The van der Waals surface area contributed by atoms with Gasteiger partial charge in [-0.05, 0) is 12.3 Å². The van der Waals surface area contributed by atoms with E-state index in [0.717, 1.165) is 25.7 Å². The first-order chi connectivity index (χ1) is 7.69. The Labute approximate surface area is 96.6 Å². The Balaban J connectivity index is 3.96. The Bertz CT molecular complexity index is 257. The van der Waals surface area contributed by atoms with Crippen molar-refractivity contribution in [2.75, 3.05) is 6.61 Å². The first kappa shape index (κ1) is 14.6. The molecule has 0 heterocycles. The summed E-state index contributed by atoms with van der Waals surface area (Å²) >= 11 is 0. The molecule has 4 heteroatoms. The standard InChI is InChI=1S/C12H19NO3/c1-3-5-6-10(4-2)9-16-12(15)11(7-13)8-14/h8,10-11H,3-6,9H2,1-2H3. The van der Waals surface area contributed by atoms with Crippen molar-refractivity contribution in [3.8, 4) is 6.07 Å². The van der Waals surface area contributed by atoms with Crippen LogP contribution in [0.5, 0.6) is 0 Å². The van der Waals surface area contributed by atoms with Crippen LogP contribution in [0.4, 0.5) is 0 Å². The van der Waals surface area contributed by atoms with Gasteiger partial charge in [0.2, 0.25) is 0 Å². The second kappa shape index (κ2) is 8.90. The molecular formula is C12H19NO3. The molecule has 0 rings (SSSR count). The molecule has 0 aliphatic rings. The zero-order chi connectivity index (χ0) is 12.4. The van der Waals surface area contributed by atoms with Gasteiger partial charge >= 0.3 is 5.97 Å². The number of hydrogen-bond donors (Lipinski definition) is 0. The van der Waals surface area contributed by atoms with Gasteiger partial charge in [0, 0.05) is 0 Å². The molecule has 0 aromatic rings. The molecular weight excluding hydrogens is 206 g/mol. The Kier molecular flexibility index (Phi) is 8.14. The molecule has 0 amide bonds. The van der Waals surface area contributed by atoms with E-state index in [0.29, 0.717) is 18.8 Å². The first-order valence-electron chi connectivity index (χ1n) is 5.71. The van der Waals surface area contributed by atoms with E-state index in [9.17, 15) is 9.59 Å². The van der Waals surface area contributed by atoms with E-state index in [-0.39, 0.29) is 0 Å². The zero-order valence-corrected chi connectivity index (χ0v) is 9.94. The van der Waals surface area contributed by atoms with Gasteiger partial charge < -0.3 is 9.53 Å². The van der Waals surface area contributed by atoms with Crippen LogP contribution in [-0.4, -0.2) is 18.9 Å². The topological polar surface area (TPSA) is 67.2 Å². The number of hydrogen-bond acceptors (Lipinski definition) is 4. The van der Waals surface area contributed by atoms with Crippen molar-refractivity contribution < 1.29 is 14.3 Å². The molecule has 16 heavy (non-hydrogen) atoms. The molecule has 2 unspecified atom stereocenters. The third-order valence-electron chi connectivity index (χ3n) is 2.53. The molecule has 0 aliphatic heterocycles. The maximum absolute atomic E-state index is 11.2. The summed E-state index contributed by atoms with van der Waals surface area (Å²) in [5.41, 5.74) is 0. The van der Waals surface area contributed by atoms with E-state index in [1.165, 1.54) is 0 Å². The van der Waals surface area contributed by atoms with Gasteiger partial charge in [0.05, 0.1) is 12.7 Å². The minimum Gasteiger partial charge on any atom is -0.464 e. The average Bonchev–Trinajstić information content (AvgIpc) is 2.31. The largest absolute Gasteiger partial charge is 0.464 e. The number of carbonyl (C=O) groups is 2. The van der Waals surface area contributed by atoms with E-state index >= 15 is 0 Å². The van der Waals surface area contributed by atoms with Crippen LogP contribution in [0.2, 0.25) is 0 Å². The first-order valence-corrected chi connectivity index (χ1v) is 5.71. The van der Waals surface area contributed by atoms with E-state index in [1.807, 2.05) is 6.92 Å². The fourth-order valence-electron chi connectivity index (χ4n) is 1.33. The van der Waals surface area contributed by atoms with E-state index < -0.39 is 11.9 Å². The molecule has 4 nitrogen and oxygen atoms in total. The van der Waals surface area contributed by atoms with Crippen LogP contribution in [-0.2, 0) is 14.3 Å². The van der Waals surface area contributed by atoms with Crippen molar-refractivity contribution >= 4 is 12.3 Å². The summed E-state index contributed by atoms with van der Waals surface area (Å²) in [6, 6.07) is 1.59. The van der Waals surface area contributed by atoms with Crippen LogP contribution in [0.25, 0.3) is 0 Å². The number of carbonyl (C=O) groups excluding carboxylic acids is 2. The molecule has 0 aromatic carbocycles. The van der Waals surface area contributed by atoms with Crippen LogP contribution in [0.3, 0.4) is 0 Å². The highest BCUT2D eigenvalue weighted by atomic mass is 16.5. The normalized spacial score (nSPS) is 13.6. The number of unbranched alkanes of at least 4 members (excludes halogenated alkanes) is 1. The molecule has 0 radical (unpaired) electrons. The molecule has 0 aliphatic carbocycles. The summed E-state index contributed by atoms with van der Waals surface area (Å²) in [4.78, 5) is 21.6. The van der Waals surface area contributed by atoms with Gasteiger partial charge in [-0.25, -0.2) is 0 Å². The van der Waals surface area contributed by atoms with Crippen molar-refractivity contribution in [3.63, 3.8) is 0 Å². The van der Waals surface area contributed by atoms with Crippen molar-refractivity contribution in [2.45, 2.75) is 39.5 Å². The highest BCUT2D eigenvalue weighted by Crippen LogP contribution is 2.13. The fraction of sp³-hybridized carbons (Fsp3) is 0.750. The Morgan fingerprint density at radius 1 is 1.50 bits per heavy atom. The van der Waals surface area contributed by atoms with E-state index in [4.69, 9.17) is 10.00 Å². The third kappa shape index (κ3) is 5.50. The number of nitriles is 1. The quantitative estimate of drug-likeness (QED) is 0.360. The monoisotopic (exact) mass is 225 g/mol. The second-order valence-corrected chi connectivity index (χ2v) is 3.79. The van der Waals surface area contributed by atoms with Crippen LogP contribution < -0.4 is 0 Å². The average molecular weight is 225 g/mol. The van der Waals surface area contributed by atoms with Gasteiger partial charge in [0.1, 0.15) is 6.29 Å². The van der Waals surface area contributed by atoms with Crippen molar-refractivity contribution in [2.24, 2.45) is 11.8 Å². The van der Waals surface area contributed by atoms with Crippen molar-refractivity contribution in [1.82, 2.24) is 0 Å². The Hall–Kier alpha value is -1.37. The summed E-state index contributed by atoms with van der Waals surface area (Å²) < 4.78 is 4.94. The summed E-state index contributed by atoms with van der Waals surface area (Å²) in [6.07, 6.45) is 4.48. The molecule has 0 fully saturated rings. The minimum atomic E-state index is -1.27. The highest BCUT2D eigenvalue weighted by molar-refractivity contribution is 5.90. The molecule has 0 saturated heterocycles. The summed E-state index contributed by atoms with van der Waals surface area (Å²) in [6.45, 7) is 4.45. The highest BCUT2D eigenvalue weighted by Gasteiger charge is 2.19.